The summed E-state index contributed by atoms with van der Waals surface area (Å²) in [6.45, 7) is 1.16. The van der Waals surface area contributed by atoms with Crippen molar-refractivity contribution in [1.82, 2.24) is 0 Å². The summed E-state index contributed by atoms with van der Waals surface area (Å²) in [5, 5.41) is 0. The molecule has 0 N–H and O–H groups in total. The molecule has 0 amide bonds. The molecule has 1 aliphatic heterocycles. The highest BCUT2D eigenvalue weighted by Gasteiger charge is 2.19. The van der Waals surface area contributed by atoms with Gasteiger partial charge in [0.25, 0.3) is 0 Å². The van der Waals surface area contributed by atoms with Gasteiger partial charge in [-0.25, -0.2) is 0 Å². The van der Waals surface area contributed by atoms with Crippen molar-refractivity contribution in [2.45, 2.75) is 12.8 Å². The molecular weight excluding hydrogens is 388 g/mol. The second-order valence-corrected chi connectivity index (χ2v) is 6.40. The second kappa shape index (κ2) is 10.5. The fourth-order valence-electron chi connectivity index (χ4n) is 3.12. The van der Waals surface area contributed by atoms with Crippen LogP contribution in [0.1, 0.15) is 17.5 Å². The number of methoxy groups -OCH3 is 4. The molecule has 0 aromatic heterocycles. The molecule has 30 heavy (non-hydrogen) atoms. The molecule has 0 bridgehead atoms. The van der Waals surface area contributed by atoms with Crippen LogP contribution in [0.15, 0.2) is 24.3 Å². The molecular formula is C23H26O7. The predicted octanol–water partition coefficient (Wildman–Crippen LogP) is 3.45. The molecule has 0 saturated heterocycles. The molecule has 0 atom stereocenters. The van der Waals surface area contributed by atoms with Crippen molar-refractivity contribution >= 4 is 0 Å². The molecule has 0 saturated carbocycles. The number of aryl methyl sites for hydroxylation is 1. The fourth-order valence-corrected chi connectivity index (χ4v) is 3.12. The third kappa shape index (κ3) is 5.02. The molecule has 0 radical (unpaired) electrons. The minimum atomic E-state index is 0.225. The Kier molecular flexibility index (Phi) is 7.52. The minimum absolute atomic E-state index is 0.225. The van der Waals surface area contributed by atoms with Gasteiger partial charge in [0.15, 0.2) is 23.0 Å². The van der Waals surface area contributed by atoms with Gasteiger partial charge in [0.05, 0.1) is 28.4 Å². The SMILES string of the molecule is COc1cc(C#CCOCCCc2cc(OC)c3c(c2)OCO3)cc(OC)c1OC. The average molecular weight is 414 g/mol. The smallest absolute Gasteiger partial charge is 0.231 e. The lowest BCUT2D eigenvalue weighted by Crippen LogP contribution is -1.98. The maximum Gasteiger partial charge on any atom is 0.231 e. The van der Waals surface area contributed by atoms with Crippen molar-refractivity contribution in [2.75, 3.05) is 48.4 Å². The standard InChI is InChI=1S/C23H26O7/c1-24-18-11-16(12-19(25-2)22(18)27-4)7-5-9-28-10-6-8-17-13-20(26-3)23-21(14-17)29-15-30-23/h11-14H,6,8-10,15H2,1-4H3. The lowest BCUT2D eigenvalue weighted by Gasteiger charge is -2.12. The van der Waals surface area contributed by atoms with E-state index in [9.17, 15) is 0 Å². The Hall–Kier alpha value is -3.24. The normalized spacial score (nSPS) is 11.5. The Morgan fingerprint density at radius 1 is 0.867 bits per heavy atom. The van der Waals surface area contributed by atoms with Gasteiger partial charge >= 0.3 is 0 Å². The van der Waals surface area contributed by atoms with E-state index in [0.717, 1.165) is 29.7 Å². The van der Waals surface area contributed by atoms with Crippen molar-refractivity contribution in [3.8, 4) is 46.3 Å². The van der Waals surface area contributed by atoms with E-state index in [0.29, 0.717) is 42.0 Å². The molecule has 7 heteroatoms. The van der Waals surface area contributed by atoms with Gasteiger partial charge in [0.1, 0.15) is 6.61 Å². The van der Waals surface area contributed by atoms with E-state index in [1.165, 1.54) is 0 Å². The van der Waals surface area contributed by atoms with Crippen LogP contribution in [0, 0.1) is 11.8 Å². The van der Waals surface area contributed by atoms with Crippen molar-refractivity contribution < 1.29 is 33.2 Å². The summed E-state index contributed by atoms with van der Waals surface area (Å²) >= 11 is 0. The van der Waals surface area contributed by atoms with Gasteiger partial charge in [-0.05, 0) is 42.7 Å². The summed E-state index contributed by atoms with van der Waals surface area (Å²) in [5.74, 6) is 9.84. The van der Waals surface area contributed by atoms with E-state index in [1.807, 2.05) is 12.1 Å². The highest BCUT2D eigenvalue weighted by atomic mass is 16.7. The summed E-state index contributed by atoms with van der Waals surface area (Å²) in [6, 6.07) is 7.57. The van der Waals surface area contributed by atoms with E-state index in [2.05, 4.69) is 11.8 Å². The van der Waals surface area contributed by atoms with Crippen LogP contribution in [-0.2, 0) is 11.2 Å². The first-order valence-electron chi connectivity index (χ1n) is 9.53. The number of benzene rings is 2. The van der Waals surface area contributed by atoms with Crippen molar-refractivity contribution in [3.05, 3.63) is 35.4 Å². The molecule has 0 fully saturated rings. The number of fused-ring (bicyclic) bond motifs is 1. The molecule has 160 valence electrons. The lowest BCUT2D eigenvalue weighted by molar-refractivity contribution is 0.164. The van der Waals surface area contributed by atoms with Crippen LogP contribution in [-0.4, -0.2) is 48.4 Å². The van der Waals surface area contributed by atoms with Crippen LogP contribution in [0.2, 0.25) is 0 Å². The molecule has 2 aromatic rings. The maximum atomic E-state index is 5.64. The number of ether oxygens (including phenoxy) is 7. The topological polar surface area (TPSA) is 64.6 Å². The van der Waals surface area contributed by atoms with Crippen LogP contribution in [0.3, 0.4) is 0 Å². The predicted molar refractivity (Wildman–Crippen MR) is 111 cm³/mol. The Morgan fingerprint density at radius 3 is 2.27 bits per heavy atom. The quantitative estimate of drug-likeness (QED) is 0.460. The second-order valence-electron chi connectivity index (χ2n) is 6.40. The minimum Gasteiger partial charge on any atom is -0.493 e. The molecule has 0 aliphatic carbocycles. The summed E-state index contributed by atoms with van der Waals surface area (Å²) in [5.41, 5.74) is 1.88. The first-order chi connectivity index (χ1) is 14.7. The summed E-state index contributed by atoms with van der Waals surface area (Å²) in [4.78, 5) is 0. The van der Waals surface area contributed by atoms with Gasteiger partial charge < -0.3 is 33.2 Å². The first-order valence-corrected chi connectivity index (χ1v) is 9.53. The third-order valence-electron chi connectivity index (χ3n) is 4.54. The number of hydrogen-bond donors (Lipinski definition) is 0. The Balaban J connectivity index is 1.48. The van der Waals surface area contributed by atoms with Crippen molar-refractivity contribution in [3.63, 3.8) is 0 Å². The van der Waals surface area contributed by atoms with Crippen LogP contribution in [0.25, 0.3) is 0 Å². The van der Waals surface area contributed by atoms with E-state index in [-0.39, 0.29) is 6.79 Å². The molecule has 1 aliphatic rings. The molecule has 1 heterocycles. The van der Waals surface area contributed by atoms with Gasteiger partial charge in [0.2, 0.25) is 18.3 Å². The highest BCUT2D eigenvalue weighted by Crippen LogP contribution is 2.42. The van der Waals surface area contributed by atoms with Crippen LogP contribution in [0.4, 0.5) is 0 Å². The van der Waals surface area contributed by atoms with E-state index < -0.39 is 0 Å². The molecule has 0 spiro atoms. The van der Waals surface area contributed by atoms with Gasteiger partial charge in [0, 0.05) is 12.2 Å². The molecule has 0 unspecified atom stereocenters. The van der Waals surface area contributed by atoms with Gasteiger partial charge in [-0.15, -0.1) is 0 Å². The van der Waals surface area contributed by atoms with Crippen LogP contribution >= 0.6 is 0 Å². The highest BCUT2D eigenvalue weighted by molar-refractivity contribution is 5.57. The van der Waals surface area contributed by atoms with Gasteiger partial charge in [-0.3, -0.25) is 0 Å². The van der Waals surface area contributed by atoms with Crippen LogP contribution in [0.5, 0.6) is 34.5 Å². The monoisotopic (exact) mass is 414 g/mol. The zero-order chi connectivity index (χ0) is 21.3. The lowest BCUT2D eigenvalue weighted by atomic mass is 10.1. The largest absolute Gasteiger partial charge is 0.493 e. The number of rotatable bonds is 9. The van der Waals surface area contributed by atoms with E-state index in [4.69, 9.17) is 33.2 Å². The average Bonchev–Trinajstić information content (AvgIpc) is 3.25. The molecule has 3 rings (SSSR count). The first kappa shape index (κ1) is 21.5. The number of hydrogen-bond acceptors (Lipinski definition) is 7. The molecule has 7 nitrogen and oxygen atoms in total. The zero-order valence-electron chi connectivity index (χ0n) is 17.7. The summed E-state index contributed by atoms with van der Waals surface area (Å²) < 4.78 is 37.9. The van der Waals surface area contributed by atoms with Crippen molar-refractivity contribution in [2.24, 2.45) is 0 Å². The summed E-state index contributed by atoms with van der Waals surface area (Å²) in [7, 11) is 6.34. The van der Waals surface area contributed by atoms with E-state index in [1.54, 1.807) is 40.6 Å². The third-order valence-corrected chi connectivity index (χ3v) is 4.54. The Morgan fingerprint density at radius 2 is 1.60 bits per heavy atom. The zero-order valence-corrected chi connectivity index (χ0v) is 17.7. The van der Waals surface area contributed by atoms with Crippen LogP contribution < -0.4 is 28.4 Å². The Labute approximate surface area is 176 Å². The molecule has 2 aromatic carbocycles. The van der Waals surface area contributed by atoms with Gasteiger partial charge in [-0.1, -0.05) is 11.8 Å². The fraction of sp³-hybridized carbons (Fsp3) is 0.391. The Bertz CT molecular complexity index is 902. The van der Waals surface area contributed by atoms with Crippen molar-refractivity contribution in [1.29, 1.82) is 0 Å². The van der Waals surface area contributed by atoms with E-state index >= 15 is 0 Å². The summed E-state index contributed by atoms with van der Waals surface area (Å²) in [6.07, 6.45) is 1.70. The van der Waals surface area contributed by atoms with Gasteiger partial charge in [-0.2, -0.15) is 0 Å². The maximum absolute atomic E-state index is 5.64.